The summed E-state index contributed by atoms with van der Waals surface area (Å²) in [5, 5.41) is 2.68. The molecule has 0 spiro atoms. The maximum atomic E-state index is 12.2. The van der Waals surface area contributed by atoms with Crippen LogP contribution >= 0.6 is 0 Å². The number of carbonyl (C=O) groups is 1. The maximum absolute atomic E-state index is 12.2. The highest BCUT2D eigenvalue weighted by atomic mass is 16.5. The molecule has 0 bridgehead atoms. The summed E-state index contributed by atoms with van der Waals surface area (Å²) in [5.41, 5.74) is 6.73. The van der Waals surface area contributed by atoms with E-state index in [0.717, 1.165) is 17.9 Å². The van der Waals surface area contributed by atoms with Crippen molar-refractivity contribution in [1.82, 2.24) is 5.32 Å². The van der Waals surface area contributed by atoms with Crippen LogP contribution in [0.4, 0.5) is 0 Å². The molecule has 0 radical (unpaired) electrons. The Morgan fingerprint density at radius 3 is 2.58 bits per heavy atom. The lowest BCUT2D eigenvalue weighted by Gasteiger charge is -2.23. The van der Waals surface area contributed by atoms with E-state index in [1.54, 1.807) is 26.4 Å². The number of nitrogens with two attached hydrogens (primary N) is 1. The molecule has 6 heteroatoms. The third kappa shape index (κ3) is 6.24. The number of benzene rings is 1. The Balaban J connectivity index is 1.85. The van der Waals surface area contributed by atoms with Gasteiger partial charge in [0.15, 0.2) is 17.5 Å². The van der Waals surface area contributed by atoms with E-state index in [2.05, 4.69) is 17.2 Å². The zero-order valence-electron chi connectivity index (χ0n) is 16.1. The molecule has 1 atom stereocenters. The number of rotatable bonds is 7. The highest BCUT2D eigenvalue weighted by Gasteiger charge is 2.16. The van der Waals surface area contributed by atoms with E-state index < -0.39 is 0 Å². The van der Waals surface area contributed by atoms with Crippen molar-refractivity contribution in [2.24, 2.45) is 16.6 Å². The first-order valence-electron chi connectivity index (χ1n) is 9.35. The van der Waals surface area contributed by atoms with Gasteiger partial charge in [0.05, 0.1) is 26.7 Å². The molecule has 1 aromatic carbocycles. The molecular weight excluding hydrogens is 330 g/mol. The van der Waals surface area contributed by atoms with Crippen LogP contribution < -0.4 is 20.5 Å². The van der Waals surface area contributed by atoms with Crippen molar-refractivity contribution in [3.63, 3.8) is 0 Å². The van der Waals surface area contributed by atoms with Crippen LogP contribution in [0.1, 0.15) is 51.0 Å². The lowest BCUT2D eigenvalue weighted by molar-refractivity contribution is -0.119. The zero-order chi connectivity index (χ0) is 18.9. The molecule has 1 aliphatic carbocycles. The number of nitrogens with zero attached hydrogens (tertiary/aromatic N) is 1. The first-order chi connectivity index (χ1) is 12.5. The van der Waals surface area contributed by atoms with Crippen LogP contribution in [0.5, 0.6) is 11.5 Å². The van der Waals surface area contributed by atoms with E-state index in [-0.39, 0.29) is 24.3 Å². The number of amides is 1. The average molecular weight is 361 g/mol. The highest BCUT2D eigenvalue weighted by molar-refractivity contribution is 5.97. The van der Waals surface area contributed by atoms with Gasteiger partial charge in [-0.15, -0.1) is 0 Å². The van der Waals surface area contributed by atoms with Gasteiger partial charge < -0.3 is 15.2 Å². The minimum Gasteiger partial charge on any atom is -0.493 e. The molecule has 0 unspecified atom stereocenters. The fourth-order valence-corrected chi connectivity index (χ4v) is 3.59. The van der Waals surface area contributed by atoms with Gasteiger partial charge in [0.25, 0.3) is 0 Å². The van der Waals surface area contributed by atoms with Crippen LogP contribution in [0.15, 0.2) is 23.2 Å². The van der Waals surface area contributed by atoms with E-state index >= 15 is 0 Å². The Kier molecular flexibility index (Phi) is 7.75. The molecule has 0 aliphatic heterocycles. The van der Waals surface area contributed by atoms with Gasteiger partial charge in [0.1, 0.15) is 0 Å². The van der Waals surface area contributed by atoms with Crippen molar-refractivity contribution in [3.05, 3.63) is 23.8 Å². The number of hydrogen-bond donors (Lipinski definition) is 2. The summed E-state index contributed by atoms with van der Waals surface area (Å²) in [4.78, 5) is 16.6. The number of carbonyl (C=O) groups excluding carboxylic acids is 1. The lowest BCUT2D eigenvalue weighted by Crippen LogP contribution is -2.38. The monoisotopic (exact) mass is 361 g/mol. The van der Waals surface area contributed by atoms with Crippen molar-refractivity contribution in [2.75, 3.05) is 14.2 Å². The molecule has 1 fully saturated rings. The second-order valence-electron chi connectivity index (χ2n) is 7.02. The van der Waals surface area contributed by atoms with Crippen LogP contribution in [0.3, 0.4) is 0 Å². The molecule has 1 amide bonds. The second kappa shape index (κ2) is 10.0. The third-order valence-electron chi connectivity index (χ3n) is 4.84. The Morgan fingerprint density at radius 1 is 1.23 bits per heavy atom. The number of nitrogens with one attached hydrogen (secondary N) is 1. The van der Waals surface area contributed by atoms with Crippen LogP contribution in [0, 0.1) is 5.92 Å². The van der Waals surface area contributed by atoms with E-state index in [9.17, 15) is 4.79 Å². The molecule has 0 saturated heterocycles. The summed E-state index contributed by atoms with van der Waals surface area (Å²) < 4.78 is 10.5. The predicted octanol–water partition coefficient (Wildman–Crippen LogP) is 3.04. The molecule has 0 heterocycles. The first-order valence-corrected chi connectivity index (χ1v) is 9.35. The van der Waals surface area contributed by atoms with Crippen LogP contribution in [-0.2, 0) is 11.2 Å². The van der Waals surface area contributed by atoms with Gasteiger partial charge in [-0.25, -0.2) is 0 Å². The number of methoxy groups -OCH3 is 2. The summed E-state index contributed by atoms with van der Waals surface area (Å²) in [6.45, 7) is 2.06. The maximum Gasteiger partial charge on any atom is 0.231 e. The van der Waals surface area contributed by atoms with Crippen LogP contribution in [0.25, 0.3) is 0 Å². The highest BCUT2D eigenvalue weighted by Crippen LogP contribution is 2.28. The number of ether oxygens (including phenoxy) is 2. The Hall–Kier alpha value is -2.24. The second-order valence-corrected chi connectivity index (χ2v) is 7.02. The summed E-state index contributed by atoms with van der Waals surface area (Å²) in [5.74, 6) is 1.97. The van der Waals surface area contributed by atoms with Gasteiger partial charge in [-0.1, -0.05) is 38.2 Å². The van der Waals surface area contributed by atoms with Gasteiger partial charge in [-0.3, -0.25) is 15.1 Å². The van der Waals surface area contributed by atoms with Gasteiger partial charge in [-0.05, 0) is 37.0 Å². The number of guanidine groups is 1. The smallest absolute Gasteiger partial charge is 0.231 e. The van der Waals surface area contributed by atoms with E-state index in [4.69, 9.17) is 15.2 Å². The molecule has 3 N–H and O–H groups in total. The quantitative estimate of drug-likeness (QED) is 0.577. The molecular formula is C20H31N3O3. The van der Waals surface area contributed by atoms with Gasteiger partial charge in [0.2, 0.25) is 5.91 Å². The molecule has 6 nitrogen and oxygen atoms in total. The molecule has 1 aliphatic rings. The lowest BCUT2D eigenvalue weighted by atomic mass is 9.85. The van der Waals surface area contributed by atoms with Crippen molar-refractivity contribution in [2.45, 2.75) is 57.9 Å². The standard InChI is InChI=1S/C20H31N3O3/c1-14(11-15-7-5-4-6-8-15)22-20(21)23-19(24)13-16-9-10-17(25-2)18(12-16)26-3/h9-10,12,14-15H,4-8,11,13H2,1-3H3,(H3,21,22,23,24)/t14-/m0/s1. The van der Waals surface area contributed by atoms with Crippen LogP contribution in [-0.4, -0.2) is 32.1 Å². The largest absolute Gasteiger partial charge is 0.493 e. The first kappa shape index (κ1) is 20.1. The number of hydrogen-bond acceptors (Lipinski definition) is 4. The summed E-state index contributed by atoms with van der Waals surface area (Å²) in [7, 11) is 3.15. The van der Waals surface area contributed by atoms with Gasteiger partial charge in [0, 0.05) is 0 Å². The zero-order valence-corrected chi connectivity index (χ0v) is 16.1. The van der Waals surface area contributed by atoms with E-state index in [1.807, 2.05) is 6.07 Å². The van der Waals surface area contributed by atoms with Crippen molar-refractivity contribution >= 4 is 11.9 Å². The fourth-order valence-electron chi connectivity index (χ4n) is 3.59. The van der Waals surface area contributed by atoms with Crippen molar-refractivity contribution < 1.29 is 14.3 Å². The Bertz CT molecular complexity index is 625. The van der Waals surface area contributed by atoms with Crippen molar-refractivity contribution in [1.29, 1.82) is 0 Å². The molecule has 144 valence electrons. The SMILES string of the molecule is COc1ccc(CC(=O)NC(N)=N[C@@H](C)CC2CCCCC2)cc1OC. The predicted molar refractivity (Wildman–Crippen MR) is 104 cm³/mol. The molecule has 2 rings (SSSR count). The minimum absolute atomic E-state index is 0.125. The molecule has 26 heavy (non-hydrogen) atoms. The fraction of sp³-hybridized carbons (Fsp3) is 0.600. The Morgan fingerprint density at radius 2 is 1.92 bits per heavy atom. The van der Waals surface area contributed by atoms with Gasteiger partial charge in [-0.2, -0.15) is 0 Å². The topological polar surface area (TPSA) is 85.9 Å². The Labute approximate surface area is 156 Å². The molecule has 0 aromatic heterocycles. The minimum atomic E-state index is -0.191. The summed E-state index contributed by atoms with van der Waals surface area (Å²) >= 11 is 0. The third-order valence-corrected chi connectivity index (χ3v) is 4.84. The molecule has 1 aromatic rings. The summed E-state index contributed by atoms with van der Waals surface area (Å²) in [6, 6.07) is 5.53. The summed E-state index contributed by atoms with van der Waals surface area (Å²) in [6.07, 6.45) is 7.79. The van der Waals surface area contributed by atoms with E-state index in [0.29, 0.717) is 11.5 Å². The molecule has 1 saturated carbocycles. The normalized spacial score (nSPS) is 16.8. The van der Waals surface area contributed by atoms with Crippen LogP contribution in [0.2, 0.25) is 0 Å². The number of aliphatic imine (C=N–C) groups is 1. The van der Waals surface area contributed by atoms with Gasteiger partial charge >= 0.3 is 0 Å². The van der Waals surface area contributed by atoms with E-state index in [1.165, 1.54) is 32.1 Å². The average Bonchev–Trinajstić information content (AvgIpc) is 2.61. The van der Waals surface area contributed by atoms with Crippen molar-refractivity contribution in [3.8, 4) is 11.5 Å².